The zero-order valence-electron chi connectivity index (χ0n) is 17.3. The number of pyridine rings is 2. The standard InChI is InChI=1S/C22H19FN6O2.ClH/c1-14(2)29-13-25-28-21(29)18-6-5-7-19(26-18)27-22(30)16-12-15(9-10-17(16)23)31-20-8-3-4-11-24-20;/h3-14H,1-2H3,(H,26,27,30);1H. The molecule has 1 N–H and O–H groups in total. The molecule has 164 valence electrons. The van der Waals surface area contributed by atoms with E-state index in [1.807, 2.05) is 18.4 Å². The fourth-order valence-electron chi connectivity index (χ4n) is 2.89. The lowest BCUT2D eigenvalue weighted by Crippen LogP contribution is -2.15. The first-order valence-electron chi connectivity index (χ1n) is 9.58. The second kappa shape index (κ2) is 9.97. The summed E-state index contributed by atoms with van der Waals surface area (Å²) in [7, 11) is 0. The number of aromatic nitrogens is 5. The van der Waals surface area contributed by atoms with E-state index in [0.717, 1.165) is 0 Å². The molecule has 1 amide bonds. The monoisotopic (exact) mass is 454 g/mol. The van der Waals surface area contributed by atoms with E-state index in [9.17, 15) is 9.18 Å². The molecule has 4 rings (SSSR count). The Hall–Kier alpha value is -3.85. The maximum atomic E-state index is 14.3. The Balaban J connectivity index is 0.00000289. The van der Waals surface area contributed by atoms with Crippen LogP contribution >= 0.6 is 12.4 Å². The van der Waals surface area contributed by atoms with Crippen molar-refractivity contribution in [2.45, 2.75) is 19.9 Å². The number of ether oxygens (including phenoxy) is 1. The Morgan fingerprint density at radius 3 is 2.72 bits per heavy atom. The van der Waals surface area contributed by atoms with Crippen LogP contribution in [-0.4, -0.2) is 30.6 Å². The Morgan fingerprint density at radius 1 is 1.12 bits per heavy atom. The van der Waals surface area contributed by atoms with E-state index in [2.05, 4.69) is 25.5 Å². The van der Waals surface area contributed by atoms with Crippen molar-refractivity contribution in [3.05, 3.63) is 78.5 Å². The van der Waals surface area contributed by atoms with E-state index in [1.165, 1.54) is 18.2 Å². The molecule has 0 aliphatic rings. The van der Waals surface area contributed by atoms with Crippen LogP contribution in [0.2, 0.25) is 0 Å². The molecule has 0 fully saturated rings. The van der Waals surface area contributed by atoms with Crippen LogP contribution in [0.1, 0.15) is 30.2 Å². The van der Waals surface area contributed by atoms with Crippen LogP contribution in [0.25, 0.3) is 11.5 Å². The van der Waals surface area contributed by atoms with Gasteiger partial charge in [0.2, 0.25) is 5.88 Å². The second-order valence-corrected chi connectivity index (χ2v) is 6.93. The summed E-state index contributed by atoms with van der Waals surface area (Å²) in [4.78, 5) is 21.2. The number of amides is 1. The lowest BCUT2D eigenvalue weighted by atomic mass is 10.2. The number of halogens is 2. The number of carbonyl (C=O) groups excluding carboxylic acids is 1. The molecule has 4 aromatic rings. The van der Waals surface area contributed by atoms with E-state index in [4.69, 9.17) is 4.74 Å². The summed E-state index contributed by atoms with van der Waals surface area (Å²) >= 11 is 0. The molecular weight excluding hydrogens is 435 g/mol. The number of rotatable bonds is 6. The Kier molecular flexibility index (Phi) is 7.11. The third-order valence-corrected chi connectivity index (χ3v) is 4.39. The number of hydrogen-bond acceptors (Lipinski definition) is 6. The van der Waals surface area contributed by atoms with E-state index in [1.54, 1.807) is 48.9 Å². The summed E-state index contributed by atoms with van der Waals surface area (Å²) in [6.07, 6.45) is 3.20. The van der Waals surface area contributed by atoms with Crippen molar-refractivity contribution in [1.29, 1.82) is 0 Å². The van der Waals surface area contributed by atoms with Crippen LogP contribution in [0.3, 0.4) is 0 Å². The highest BCUT2D eigenvalue weighted by atomic mass is 35.5. The van der Waals surface area contributed by atoms with Gasteiger partial charge in [0, 0.05) is 18.3 Å². The van der Waals surface area contributed by atoms with E-state index in [0.29, 0.717) is 17.4 Å². The second-order valence-electron chi connectivity index (χ2n) is 6.93. The van der Waals surface area contributed by atoms with Gasteiger partial charge >= 0.3 is 0 Å². The largest absolute Gasteiger partial charge is 0.439 e. The lowest BCUT2D eigenvalue weighted by Gasteiger charge is -2.11. The highest BCUT2D eigenvalue weighted by molar-refractivity contribution is 6.04. The minimum Gasteiger partial charge on any atom is -0.439 e. The maximum Gasteiger partial charge on any atom is 0.259 e. The SMILES string of the molecule is CC(C)n1cnnc1-c1cccc(NC(=O)c2cc(Oc3ccccn3)ccc2F)n1.Cl. The Labute approximate surface area is 189 Å². The predicted octanol–water partition coefficient (Wildman–Crippen LogP) is 4.92. The molecule has 10 heteroatoms. The van der Waals surface area contributed by atoms with Gasteiger partial charge in [-0.15, -0.1) is 22.6 Å². The predicted molar refractivity (Wildman–Crippen MR) is 120 cm³/mol. The summed E-state index contributed by atoms with van der Waals surface area (Å²) < 4.78 is 21.8. The molecule has 0 spiro atoms. The first-order chi connectivity index (χ1) is 15.0. The minimum atomic E-state index is -0.679. The first kappa shape index (κ1) is 22.8. The summed E-state index contributed by atoms with van der Waals surface area (Å²) in [6.45, 7) is 4.00. The fraction of sp³-hybridized carbons (Fsp3) is 0.136. The molecule has 0 radical (unpaired) electrons. The molecule has 8 nitrogen and oxygen atoms in total. The molecule has 0 aliphatic carbocycles. The van der Waals surface area contributed by atoms with Gasteiger partial charge in [-0.2, -0.15) is 0 Å². The molecule has 0 saturated heterocycles. The van der Waals surface area contributed by atoms with Gasteiger partial charge in [0.15, 0.2) is 5.82 Å². The van der Waals surface area contributed by atoms with Crippen molar-refractivity contribution in [1.82, 2.24) is 24.7 Å². The summed E-state index contributed by atoms with van der Waals surface area (Å²) in [5.74, 6) is 0.126. The van der Waals surface area contributed by atoms with Crippen molar-refractivity contribution >= 4 is 24.1 Å². The van der Waals surface area contributed by atoms with Crippen LogP contribution in [0.15, 0.2) is 67.1 Å². The lowest BCUT2D eigenvalue weighted by molar-refractivity contribution is 0.102. The molecule has 0 aliphatic heterocycles. The number of benzene rings is 1. The number of anilines is 1. The average molecular weight is 455 g/mol. The van der Waals surface area contributed by atoms with Crippen LogP contribution < -0.4 is 10.1 Å². The van der Waals surface area contributed by atoms with Gasteiger partial charge in [-0.3, -0.25) is 4.79 Å². The highest BCUT2D eigenvalue weighted by Crippen LogP contribution is 2.24. The third-order valence-electron chi connectivity index (χ3n) is 4.39. The molecular formula is C22H20ClFN6O2. The van der Waals surface area contributed by atoms with Gasteiger partial charge in [-0.05, 0) is 50.2 Å². The zero-order valence-corrected chi connectivity index (χ0v) is 18.1. The molecule has 0 unspecified atom stereocenters. The van der Waals surface area contributed by atoms with Gasteiger partial charge in [0.05, 0.1) is 5.56 Å². The highest BCUT2D eigenvalue weighted by Gasteiger charge is 2.16. The van der Waals surface area contributed by atoms with Crippen molar-refractivity contribution < 1.29 is 13.9 Å². The topological polar surface area (TPSA) is 94.8 Å². The smallest absolute Gasteiger partial charge is 0.259 e. The van der Waals surface area contributed by atoms with Crippen molar-refractivity contribution in [2.75, 3.05) is 5.32 Å². The molecule has 3 heterocycles. The molecule has 1 aromatic carbocycles. The third kappa shape index (κ3) is 5.06. The first-order valence-corrected chi connectivity index (χ1v) is 9.58. The molecule has 0 saturated carbocycles. The number of nitrogens with zero attached hydrogens (tertiary/aromatic N) is 5. The van der Waals surface area contributed by atoms with Crippen molar-refractivity contribution in [3.63, 3.8) is 0 Å². The van der Waals surface area contributed by atoms with E-state index >= 15 is 0 Å². The molecule has 0 atom stereocenters. The summed E-state index contributed by atoms with van der Waals surface area (Å²) in [5.41, 5.74) is 0.364. The minimum absolute atomic E-state index is 0. The molecule has 32 heavy (non-hydrogen) atoms. The van der Waals surface area contributed by atoms with Crippen LogP contribution in [-0.2, 0) is 0 Å². The van der Waals surface area contributed by atoms with Crippen LogP contribution in [0.4, 0.5) is 10.2 Å². The zero-order chi connectivity index (χ0) is 21.8. The van der Waals surface area contributed by atoms with Gasteiger partial charge in [0.1, 0.15) is 29.4 Å². The number of nitrogens with one attached hydrogen (secondary N) is 1. The summed E-state index contributed by atoms with van der Waals surface area (Å²) in [6, 6.07) is 14.3. The van der Waals surface area contributed by atoms with E-state index in [-0.39, 0.29) is 35.6 Å². The average Bonchev–Trinajstić information content (AvgIpc) is 3.26. The van der Waals surface area contributed by atoms with Crippen molar-refractivity contribution in [2.24, 2.45) is 0 Å². The fourth-order valence-corrected chi connectivity index (χ4v) is 2.89. The number of hydrogen-bond donors (Lipinski definition) is 1. The van der Waals surface area contributed by atoms with Gasteiger partial charge in [-0.1, -0.05) is 12.1 Å². The normalized spacial score (nSPS) is 10.5. The summed E-state index contributed by atoms with van der Waals surface area (Å²) in [5, 5.41) is 10.7. The van der Waals surface area contributed by atoms with Crippen LogP contribution in [0, 0.1) is 5.82 Å². The quantitative estimate of drug-likeness (QED) is 0.444. The van der Waals surface area contributed by atoms with E-state index < -0.39 is 11.7 Å². The Bertz CT molecular complexity index is 1220. The van der Waals surface area contributed by atoms with Crippen molar-refractivity contribution in [3.8, 4) is 23.1 Å². The number of carbonyl (C=O) groups is 1. The Morgan fingerprint density at radius 2 is 1.97 bits per heavy atom. The van der Waals surface area contributed by atoms with Gasteiger partial charge in [-0.25, -0.2) is 14.4 Å². The molecule has 0 bridgehead atoms. The van der Waals surface area contributed by atoms with Gasteiger partial charge < -0.3 is 14.6 Å². The van der Waals surface area contributed by atoms with Gasteiger partial charge in [0.25, 0.3) is 5.91 Å². The molecule has 3 aromatic heterocycles. The van der Waals surface area contributed by atoms with Crippen LogP contribution in [0.5, 0.6) is 11.6 Å². The maximum absolute atomic E-state index is 14.3.